The predicted molar refractivity (Wildman–Crippen MR) is 121 cm³/mol. The second-order valence-electron chi connectivity index (χ2n) is 6.48. The van der Waals surface area contributed by atoms with Gasteiger partial charge >= 0.3 is 0 Å². The van der Waals surface area contributed by atoms with Gasteiger partial charge in [0, 0.05) is 18.7 Å². The Balaban J connectivity index is 2.17. The van der Waals surface area contributed by atoms with Gasteiger partial charge in [0.25, 0.3) is 0 Å². The molecule has 0 atom stereocenters. The zero-order valence-corrected chi connectivity index (χ0v) is 19.7. The molecule has 0 heterocycles. The minimum absolute atomic E-state index is 0.135. The molecule has 5 nitrogen and oxygen atoms in total. The van der Waals surface area contributed by atoms with Crippen LogP contribution in [0, 0.1) is 5.92 Å². The van der Waals surface area contributed by atoms with E-state index in [4.69, 9.17) is 65.5 Å². The van der Waals surface area contributed by atoms with Crippen molar-refractivity contribution in [1.82, 2.24) is 0 Å². The molecule has 0 bridgehead atoms. The van der Waals surface area contributed by atoms with E-state index in [0.717, 1.165) is 19.3 Å². The highest BCUT2D eigenvalue weighted by molar-refractivity contribution is 6.55. The maximum Gasteiger partial charge on any atom is 0.156 e. The van der Waals surface area contributed by atoms with Gasteiger partial charge in [-0.3, -0.25) is 0 Å². The Morgan fingerprint density at radius 3 is 2.34 bits per heavy atom. The zero-order valence-electron chi connectivity index (χ0n) is 16.6. The lowest BCUT2D eigenvalue weighted by molar-refractivity contribution is 0.114. The molecular weight excluding hydrogens is 460 g/mol. The average Bonchev–Trinajstić information content (AvgIpc) is 2.64. The van der Waals surface area contributed by atoms with Gasteiger partial charge in [0.1, 0.15) is 23.5 Å². The standard InChI is InChI=1S/C20H27Cl4NO4/c1-15(2)14-29-25-7-11-26-8-4-3-5-9-28-20-17(21)12-16(13-18(20)22)27-10-6-19(23)24/h6-7,12-13,15H,3-5,8-11,14H2,1-2H3. The van der Waals surface area contributed by atoms with Crippen molar-refractivity contribution in [1.29, 1.82) is 0 Å². The molecule has 0 aliphatic heterocycles. The molecular formula is C20H27Cl4NO4. The highest BCUT2D eigenvalue weighted by Crippen LogP contribution is 2.37. The first-order chi connectivity index (χ1) is 13.9. The lowest BCUT2D eigenvalue weighted by Gasteiger charge is -2.12. The molecule has 0 amide bonds. The van der Waals surface area contributed by atoms with E-state index in [-0.39, 0.29) is 11.1 Å². The summed E-state index contributed by atoms with van der Waals surface area (Å²) in [6.07, 6.45) is 5.90. The SMILES string of the molecule is CC(C)CON=CCOCCCCCOc1c(Cl)cc(OCC=C(Cl)Cl)cc1Cl. The van der Waals surface area contributed by atoms with Gasteiger partial charge in [-0.2, -0.15) is 0 Å². The van der Waals surface area contributed by atoms with E-state index >= 15 is 0 Å². The first kappa shape index (κ1) is 26.2. The molecule has 0 saturated heterocycles. The minimum atomic E-state index is 0.135. The van der Waals surface area contributed by atoms with Crippen LogP contribution in [0.5, 0.6) is 11.5 Å². The fourth-order valence-electron chi connectivity index (χ4n) is 2.03. The highest BCUT2D eigenvalue weighted by atomic mass is 35.5. The van der Waals surface area contributed by atoms with E-state index in [1.165, 1.54) is 6.08 Å². The van der Waals surface area contributed by atoms with Crippen molar-refractivity contribution < 1.29 is 19.0 Å². The summed E-state index contributed by atoms with van der Waals surface area (Å²) in [7, 11) is 0. The van der Waals surface area contributed by atoms with E-state index in [1.54, 1.807) is 18.3 Å². The topological polar surface area (TPSA) is 49.3 Å². The molecule has 0 aliphatic rings. The van der Waals surface area contributed by atoms with Crippen LogP contribution in [0.2, 0.25) is 10.0 Å². The van der Waals surface area contributed by atoms with Gasteiger partial charge in [-0.1, -0.05) is 65.4 Å². The van der Waals surface area contributed by atoms with Crippen LogP contribution in [0.4, 0.5) is 0 Å². The second-order valence-corrected chi connectivity index (χ2v) is 8.30. The molecule has 0 unspecified atom stereocenters. The summed E-state index contributed by atoms with van der Waals surface area (Å²) in [5.41, 5.74) is 0. The number of hydrogen-bond acceptors (Lipinski definition) is 5. The third-order valence-electron chi connectivity index (χ3n) is 3.39. The molecule has 1 rings (SSSR count). The van der Waals surface area contributed by atoms with Crippen LogP contribution in [0.15, 0.2) is 27.9 Å². The van der Waals surface area contributed by atoms with E-state index in [0.29, 0.717) is 53.9 Å². The maximum atomic E-state index is 6.23. The molecule has 29 heavy (non-hydrogen) atoms. The zero-order chi connectivity index (χ0) is 21.5. The van der Waals surface area contributed by atoms with E-state index < -0.39 is 0 Å². The van der Waals surface area contributed by atoms with Gasteiger partial charge in [-0.15, -0.1) is 0 Å². The van der Waals surface area contributed by atoms with Crippen LogP contribution in [0.3, 0.4) is 0 Å². The first-order valence-corrected chi connectivity index (χ1v) is 10.9. The number of ether oxygens (including phenoxy) is 3. The van der Waals surface area contributed by atoms with Crippen molar-refractivity contribution in [2.75, 3.05) is 33.0 Å². The molecule has 164 valence electrons. The molecule has 1 aromatic carbocycles. The van der Waals surface area contributed by atoms with Gasteiger partial charge in [0.2, 0.25) is 0 Å². The quantitative estimate of drug-likeness (QED) is 0.153. The van der Waals surface area contributed by atoms with Crippen LogP contribution in [0.1, 0.15) is 33.1 Å². The molecule has 0 spiro atoms. The number of oxime groups is 1. The smallest absolute Gasteiger partial charge is 0.156 e. The molecule has 0 N–H and O–H groups in total. The first-order valence-electron chi connectivity index (χ1n) is 9.37. The Morgan fingerprint density at radius 2 is 1.69 bits per heavy atom. The predicted octanol–water partition coefficient (Wildman–Crippen LogP) is 6.92. The maximum absolute atomic E-state index is 6.23. The van der Waals surface area contributed by atoms with Crippen molar-refractivity contribution in [3.63, 3.8) is 0 Å². The number of benzene rings is 1. The summed E-state index contributed by atoms with van der Waals surface area (Å²) in [6.45, 7) is 6.58. The molecule has 1 aromatic rings. The van der Waals surface area contributed by atoms with Gasteiger partial charge in [0.05, 0.1) is 29.5 Å². The molecule has 0 radical (unpaired) electrons. The van der Waals surface area contributed by atoms with Crippen molar-refractivity contribution in [3.05, 3.63) is 32.7 Å². The second kappa shape index (κ2) is 15.9. The molecule has 0 aromatic heterocycles. The summed E-state index contributed by atoms with van der Waals surface area (Å²) in [5.74, 6) is 1.42. The van der Waals surface area contributed by atoms with Crippen molar-refractivity contribution in [2.24, 2.45) is 11.1 Å². The lowest BCUT2D eigenvalue weighted by atomic mass is 10.2. The Morgan fingerprint density at radius 1 is 1.00 bits per heavy atom. The van der Waals surface area contributed by atoms with Gasteiger partial charge in [-0.25, -0.2) is 0 Å². The van der Waals surface area contributed by atoms with Gasteiger partial charge in [0.15, 0.2) is 5.75 Å². The van der Waals surface area contributed by atoms with E-state index in [9.17, 15) is 0 Å². The summed E-state index contributed by atoms with van der Waals surface area (Å²) >= 11 is 23.5. The monoisotopic (exact) mass is 485 g/mol. The van der Waals surface area contributed by atoms with Crippen LogP contribution in [0.25, 0.3) is 0 Å². The van der Waals surface area contributed by atoms with Crippen LogP contribution >= 0.6 is 46.4 Å². The Bertz CT molecular complexity index is 626. The Labute approximate surface area is 192 Å². The van der Waals surface area contributed by atoms with Crippen LogP contribution in [-0.4, -0.2) is 39.2 Å². The Hall–Kier alpha value is -0.850. The molecule has 0 aliphatic carbocycles. The average molecular weight is 487 g/mol. The van der Waals surface area contributed by atoms with E-state index in [1.807, 2.05) is 0 Å². The third-order valence-corrected chi connectivity index (χ3v) is 4.26. The van der Waals surface area contributed by atoms with Crippen molar-refractivity contribution >= 4 is 52.6 Å². The normalized spacial score (nSPS) is 11.1. The minimum Gasteiger partial charge on any atom is -0.490 e. The van der Waals surface area contributed by atoms with Gasteiger partial charge < -0.3 is 19.0 Å². The van der Waals surface area contributed by atoms with Crippen molar-refractivity contribution in [3.8, 4) is 11.5 Å². The summed E-state index contributed by atoms with van der Waals surface area (Å²) < 4.78 is 16.8. The Kier molecular flexibility index (Phi) is 14.4. The van der Waals surface area contributed by atoms with Gasteiger partial charge in [-0.05, 0) is 31.3 Å². The molecule has 9 heteroatoms. The van der Waals surface area contributed by atoms with E-state index in [2.05, 4.69) is 19.0 Å². The largest absolute Gasteiger partial charge is 0.490 e. The summed E-state index contributed by atoms with van der Waals surface area (Å²) in [5, 5.41) is 4.59. The highest BCUT2D eigenvalue weighted by Gasteiger charge is 2.10. The number of nitrogens with zero attached hydrogens (tertiary/aromatic N) is 1. The molecule has 0 fully saturated rings. The fourth-order valence-corrected chi connectivity index (χ4v) is 2.73. The van der Waals surface area contributed by atoms with Crippen molar-refractivity contribution in [2.45, 2.75) is 33.1 Å². The number of unbranched alkanes of at least 4 members (excludes halogenated alkanes) is 2. The molecule has 0 saturated carbocycles. The number of hydrogen-bond donors (Lipinski definition) is 0. The fraction of sp³-hybridized carbons (Fsp3) is 0.550. The third kappa shape index (κ3) is 13.1. The lowest BCUT2D eigenvalue weighted by Crippen LogP contribution is -2.02. The summed E-state index contributed by atoms with van der Waals surface area (Å²) in [6, 6.07) is 3.28. The van der Waals surface area contributed by atoms with Crippen LogP contribution in [-0.2, 0) is 9.57 Å². The number of rotatable bonds is 15. The summed E-state index contributed by atoms with van der Waals surface area (Å²) in [4.78, 5) is 5.08. The van der Waals surface area contributed by atoms with Crippen LogP contribution < -0.4 is 9.47 Å². The number of halogens is 4.